The second-order valence-corrected chi connectivity index (χ2v) is 5.05. The molecule has 0 unspecified atom stereocenters. The van der Waals surface area contributed by atoms with Gasteiger partial charge in [0.25, 0.3) is 0 Å². The van der Waals surface area contributed by atoms with Gasteiger partial charge in [-0.3, -0.25) is 4.79 Å². The Kier molecular flexibility index (Phi) is 5.04. The van der Waals surface area contributed by atoms with E-state index in [4.69, 9.17) is 21.8 Å². The van der Waals surface area contributed by atoms with Gasteiger partial charge in [0.2, 0.25) is 5.70 Å². The van der Waals surface area contributed by atoms with Gasteiger partial charge in [-0.1, -0.05) is 11.6 Å². The molecule has 1 aromatic rings. The zero-order valence-electron chi connectivity index (χ0n) is 11.2. The van der Waals surface area contributed by atoms with E-state index in [1.54, 1.807) is 0 Å². The molecule has 0 aliphatic rings. The summed E-state index contributed by atoms with van der Waals surface area (Å²) >= 11 is 5.69. The van der Waals surface area contributed by atoms with Crippen LogP contribution in [-0.2, 0) is 9.59 Å². The molecular formula is C13H13ClN2O5. The minimum Gasteiger partial charge on any atom is -0.508 e. The summed E-state index contributed by atoms with van der Waals surface area (Å²) in [7, 11) is 0. The molecule has 0 spiro atoms. The number of carboxylic acid groups (broad SMARTS) is 2. The summed E-state index contributed by atoms with van der Waals surface area (Å²) in [5.74, 6) is -3.86. The number of aliphatic hydroxyl groups excluding tert-OH is 1. The average molecular weight is 313 g/mol. The first kappa shape index (κ1) is 16.6. The molecule has 0 heterocycles. The van der Waals surface area contributed by atoms with Crippen LogP contribution in [0.4, 0.5) is 5.69 Å². The number of aliphatic carboxylic acids is 2. The summed E-state index contributed by atoms with van der Waals surface area (Å²) in [5, 5.41) is 35.4. The number of hydrogen-bond acceptors (Lipinski definition) is 5. The van der Waals surface area contributed by atoms with Gasteiger partial charge in [0.15, 0.2) is 0 Å². The highest BCUT2D eigenvalue weighted by atomic mass is 35.5. The highest BCUT2D eigenvalue weighted by Gasteiger charge is 2.36. The fourth-order valence-electron chi connectivity index (χ4n) is 1.20. The molecule has 7 nitrogen and oxygen atoms in total. The normalized spacial score (nSPS) is 13.1. The van der Waals surface area contributed by atoms with Crippen LogP contribution in [0.3, 0.4) is 0 Å². The van der Waals surface area contributed by atoms with Gasteiger partial charge in [0.1, 0.15) is 11.2 Å². The number of benzene rings is 1. The fraction of sp³-hybridized carbons (Fsp3) is 0.231. The Balaban J connectivity index is 3.22. The Hall–Kier alpha value is -2.41. The topological polar surface area (TPSA) is 120 Å². The second kappa shape index (κ2) is 6.36. The molecular weight excluding hydrogens is 300 g/mol. The maximum Gasteiger partial charge on any atom is 0.360 e. The molecule has 1 aromatic carbocycles. The number of carboxylic acids is 2. The predicted molar refractivity (Wildman–Crippen MR) is 74.7 cm³/mol. The van der Waals surface area contributed by atoms with Gasteiger partial charge in [-0.15, -0.1) is 5.11 Å². The van der Waals surface area contributed by atoms with E-state index in [-0.39, 0.29) is 0 Å². The standard InChI is InChI=1S/C13H13ClN2O5/c1-13(2,12(20)21)10(17)9(11(18)19)16-15-8-5-3-7(14)4-6-8/h3-6,17H,1-2H3,(H,18,19)(H,20,21). The average Bonchev–Trinajstić information content (AvgIpc) is 2.40. The molecule has 0 bridgehead atoms. The number of halogens is 1. The lowest BCUT2D eigenvalue weighted by Gasteiger charge is -2.18. The Labute approximate surface area is 125 Å². The Morgan fingerprint density at radius 3 is 2.05 bits per heavy atom. The summed E-state index contributed by atoms with van der Waals surface area (Å²) in [6, 6.07) is 6.04. The van der Waals surface area contributed by atoms with E-state index >= 15 is 0 Å². The number of rotatable bonds is 5. The maximum absolute atomic E-state index is 11.1. The zero-order valence-corrected chi connectivity index (χ0v) is 12.0. The fourth-order valence-corrected chi connectivity index (χ4v) is 1.33. The first-order valence-corrected chi connectivity index (χ1v) is 6.11. The number of carbonyl (C=O) groups is 2. The summed E-state index contributed by atoms with van der Waals surface area (Å²) in [6.07, 6.45) is 0. The molecule has 112 valence electrons. The van der Waals surface area contributed by atoms with Crippen LogP contribution >= 0.6 is 11.6 Å². The summed E-state index contributed by atoms with van der Waals surface area (Å²) < 4.78 is 0. The maximum atomic E-state index is 11.1. The molecule has 0 amide bonds. The van der Waals surface area contributed by atoms with Crippen molar-refractivity contribution < 1.29 is 24.9 Å². The van der Waals surface area contributed by atoms with Crippen LogP contribution in [0.5, 0.6) is 0 Å². The molecule has 0 radical (unpaired) electrons. The van der Waals surface area contributed by atoms with E-state index in [2.05, 4.69) is 10.2 Å². The molecule has 1 rings (SSSR count). The van der Waals surface area contributed by atoms with Crippen molar-refractivity contribution >= 4 is 29.2 Å². The molecule has 21 heavy (non-hydrogen) atoms. The smallest absolute Gasteiger partial charge is 0.360 e. The van der Waals surface area contributed by atoms with E-state index in [9.17, 15) is 14.7 Å². The van der Waals surface area contributed by atoms with Gasteiger partial charge >= 0.3 is 11.9 Å². The monoisotopic (exact) mass is 312 g/mol. The van der Waals surface area contributed by atoms with Gasteiger partial charge < -0.3 is 15.3 Å². The van der Waals surface area contributed by atoms with Crippen LogP contribution in [0.2, 0.25) is 5.02 Å². The lowest BCUT2D eigenvalue weighted by molar-refractivity contribution is -0.146. The number of nitrogens with zero attached hydrogens (tertiary/aromatic N) is 2. The van der Waals surface area contributed by atoms with Gasteiger partial charge in [0.05, 0.1) is 5.69 Å². The van der Waals surface area contributed by atoms with Crippen LogP contribution in [0.1, 0.15) is 13.8 Å². The van der Waals surface area contributed by atoms with Crippen LogP contribution in [-0.4, -0.2) is 27.3 Å². The van der Waals surface area contributed by atoms with Crippen molar-refractivity contribution in [3.8, 4) is 0 Å². The van der Waals surface area contributed by atoms with Crippen LogP contribution in [0, 0.1) is 5.41 Å². The van der Waals surface area contributed by atoms with Crippen molar-refractivity contribution in [3.63, 3.8) is 0 Å². The molecule has 0 fully saturated rings. The van der Waals surface area contributed by atoms with Crippen molar-refractivity contribution in [2.45, 2.75) is 13.8 Å². The van der Waals surface area contributed by atoms with Crippen molar-refractivity contribution in [1.29, 1.82) is 0 Å². The SMILES string of the molecule is CC(C)(C(=O)O)C(O)=C(N=Nc1ccc(Cl)cc1)C(=O)O. The minimum absolute atomic E-state index is 0.305. The molecule has 0 aliphatic heterocycles. The highest BCUT2D eigenvalue weighted by molar-refractivity contribution is 6.30. The van der Waals surface area contributed by atoms with E-state index in [0.29, 0.717) is 10.7 Å². The van der Waals surface area contributed by atoms with Crippen LogP contribution in [0.25, 0.3) is 0 Å². The number of hydrogen-bond donors (Lipinski definition) is 3. The van der Waals surface area contributed by atoms with E-state index in [0.717, 1.165) is 13.8 Å². The largest absolute Gasteiger partial charge is 0.508 e. The minimum atomic E-state index is -1.80. The molecule has 8 heteroatoms. The molecule has 0 aliphatic carbocycles. The quantitative estimate of drug-likeness (QED) is 0.437. The first-order chi connectivity index (χ1) is 9.66. The van der Waals surface area contributed by atoms with Crippen molar-refractivity contribution in [2.75, 3.05) is 0 Å². The summed E-state index contributed by atoms with van der Waals surface area (Å²) in [4.78, 5) is 22.1. The van der Waals surface area contributed by atoms with Gasteiger partial charge in [-0.05, 0) is 38.1 Å². The molecule has 0 saturated heterocycles. The summed E-state index contributed by atoms with van der Waals surface area (Å²) in [6.45, 7) is 2.32. The van der Waals surface area contributed by atoms with Crippen molar-refractivity contribution in [1.82, 2.24) is 0 Å². The summed E-state index contributed by atoms with van der Waals surface area (Å²) in [5.41, 5.74) is -2.33. The van der Waals surface area contributed by atoms with Gasteiger partial charge in [0, 0.05) is 5.02 Å². The molecule has 0 atom stereocenters. The predicted octanol–water partition coefficient (Wildman–Crippen LogP) is 3.39. The number of azo groups is 1. The zero-order chi connectivity index (χ0) is 16.2. The Bertz CT molecular complexity index is 620. The van der Waals surface area contributed by atoms with Gasteiger partial charge in [-0.2, -0.15) is 5.11 Å². The molecule has 0 aromatic heterocycles. The third-order valence-corrected chi connectivity index (χ3v) is 2.90. The van der Waals surface area contributed by atoms with Crippen molar-refractivity contribution in [3.05, 3.63) is 40.7 Å². The molecule has 3 N–H and O–H groups in total. The third-order valence-electron chi connectivity index (χ3n) is 2.65. The lowest BCUT2D eigenvalue weighted by atomic mass is 9.90. The highest BCUT2D eigenvalue weighted by Crippen LogP contribution is 2.28. The van der Waals surface area contributed by atoms with E-state index in [1.807, 2.05) is 0 Å². The van der Waals surface area contributed by atoms with E-state index in [1.165, 1.54) is 24.3 Å². The lowest BCUT2D eigenvalue weighted by Crippen LogP contribution is -2.28. The van der Waals surface area contributed by atoms with Crippen LogP contribution < -0.4 is 0 Å². The molecule has 0 saturated carbocycles. The second-order valence-electron chi connectivity index (χ2n) is 4.61. The van der Waals surface area contributed by atoms with Crippen molar-refractivity contribution in [2.24, 2.45) is 15.6 Å². The number of aliphatic hydroxyl groups is 1. The van der Waals surface area contributed by atoms with Crippen LogP contribution in [0.15, 0.2) is 46.0 Å². The third kappa shape index (κ3) is 4.03. The first-order valence-electron chi connectivity index (χ1n) is 5.74. The Morgan fingerprint density at radius 2 is 1.62 bits per heavy atom. The van der Waals surface area contributed by atoms with Gasteiger partial charge in [-0.25, -0.2) is 4.79 Å². The Morgan fingerprint density at radius 1 is 1.10 bits per heavy atom. The van der Waals surface area contributed by atoms with E-state index < -0.39 is 28.8 Å².